The molecule has 29 heavy (non-hydrogen) atoms. The molecule has 3 rings (SSSR count). The molecular formula is C19H19ClF3N3O3. The van der Waals surface area contributed by atoms with Crippen molar-refractivity contribution in [1.29, 1.82) is 0 Å². The monoisotopic (exact) mass is 429 g/mol. The number of nitrogens with one attached hydrogen (secondary N) is 1. The predicted molar refractivity (Wildman–Crippen MR) is 101 cm³/mol. The molecular weight excluding hydrogens is 411 g/mol. The first-order valence-corrected chi connectivity index (χ1v) is 9.28. The number of ether oxygens (including phenoxy) is 1. The summed E-state index contributed by atoms with van der Waals surface area (Å²) >= 11 is 5.88. The van der Waals surface area contributed by atoms with Gasteiger partial charge in [-0.25, -0.2) is 9.99 Å². The molecule has 1 aliphatic heterocycles. The van der Waals surface area contributed by atoms with E-state index in [2.05, 4.69) is 10.4 Å². The van der Waals surface area contributed by atoms with Crippen molar-refractivity contribution in [3.8, 4) is 17.0 Å². The quantitative estimate of drug-likeness (QED) is 0.761. The van der Waals surface area contributed by atoms with Crippen LogP contribution in [0.15, 0.2) is 36.5 Å². The number of aromatic nitrogens is 1. The van der Waals surface area contributed by atoms with Gasteiger partial charge in [-0.05, 0) is 36.6 Å². The topological polar surface area (TPSA) is 74.7 Å². The van der Waals surface area contributed by atoms with Crippen molar-refractivity contribution < 1.29 is 27.8 Å². The van der Waals surface area contributed by atoms with Gasteiger partial charge in [0.2, 0.25) is 5.88 Å². The Kier molecular flexibility index (Phi) is 6.61. The van der Waals surface area contributed by atoms with Crippen LogP contribution < -0.4 is 10.2 Å². The van der Waals surface area contributed by atoms with Crippen molar-refractivity contribution in [2.45, 2.75) is 25.1 Å². The molecule has 156 valence electrons. The average Bonchev–Trinajstić information content (AvgIpc) is 2.68. The summed E-state index contributed by atoms with van der Waals surface area (Å²) in [5, 5.41) is 11.7. The molecule has 2 aromatic rings. The van der Waals surface area contributed by atoms with E-state index in [1.165, 1.54) is 12.3 Å². The number of hydrogen-bond acceptors (Lipinski definition) is 5. The third kappa shape index (κ3) is 6.06. The number of nitrogens with zero attached hydrogens (tertiary/aromatic N) is 2. The maximum Gasteiger partial charge on any atom is 0.422 e. The first-order valence-electron chi connectivity index (χ1n) is 8.91. The molecule has 0 radical (unpaired) electrons. The lowest BCUT2D eigenvalue weighted by molar-refractivity contribution is -0.154. The summed E-state index contributed by atoms with van der Waals surface area (Å²) in [5.74, 6) is -0.686. The second kappa shape index (κ2) is 8.98. The zero-order valence-electron chi connectivity index (χ0n) is 15.2. The third-order valence-electron chi connectivity index (χ3n) is 4.37. The second-order valence-electron chi connectivity index (χ2n) is 6.65. The van der Waals surface area contributed by atoms with Crippen LogP contribution in [-0.4, -0.2) is 53.0 Å². The predicted octanol–water partition coefficient (Wildman–Crippen LogP) is 3.44. The van der Waals surface area contributed by atoms with Crippen LogP contribution in [0, 0.1) is 0 Å². The van der Waals surface area contributed by atoms with Crippen LogP contribution >= 0.6 is 11.6 Å². The summed E-state index contributed by atoms with van der Waals surface area (Å²) in [6, 6.07) is 7.80. The maximum absolute atomic E-state index is 12.6. The van der Waals surface area contributed by atoms with E-state index >= 15 is 0 Å². The molecule has 0 bridgehead atoms. The highest BCUT2D eigenvalue weighted by Gasteiger charge is 2.29. The average molecular weight is 430 g/mol. The number of piperidine rings is 1. The minimum Gasteiger partial charge on any atom is -0.468 e. The molecule has 1 saturated heterocycles. The van der Waals surface area contributed by atoms with E-state index in [0.29, 0.717) is 36.5 Å². The Bertz CT molecular complexity index is 854. The van der Waals surface area contributed by atoms with Crippen molar-refractivity contribution in [1.82, 2.24) is 15.4 Å². The SMILES string of the molecule is O=C(NN1CCC(O)CC1)c1cnc(OCC(F)(F)F)c(-c2ccc(Cl)cc2)c1. The zero-order valence-corrected chi connectivity index (χ0v) is 16.0. The van der Waals surface area contributed by atoms with Gasteiger partial charge in [0.25, 0.3) is 5.91 Å². The highest BCUT2D eigenvalue weighted by Crippen LogP contribution is 2.31. The van der Waals surface area contributed by atoms with Crippen LogP contribution in [0.2, 0.25) is 5.02 Å². The van der Waals surface area contributed by atoms with E-state index in [-0.39, 0.29) is 23.1 Å². The highest BCUT2D eigenvalue weighted by atomic mass is 35.5. The Morgan fingerprint density at radius 1 is 1.28 bits per heavy atom. The molecule has 2 N–H and O–H groups in total. The Hall–Kier alpha value is -2.36. The molecule has 0 spiro atoms. The number of pyridine rings is 1. The number of halogens is 4. The van der Waals surface area contributed by atoms with Gasteiger partial charge in [0.1, 0.15) is 0 Å². The number of aliphatic hydroxyl groups excluding tert-OH is 1. The number of benzene rings is 1. The number of carbonyl (C=O) groups excluding carboxylic acids is 1. The normalized spacial score (nSPS) is 15.9. The fraction of sp³-hybridized carbons (Fsp3) is 0.368. The van der Waals surface area contributed by atoms with Crippen LogP contribution in [0.5, 0.6) is 5.88 Å². The molecule has 0 aliphatic carbocycles. The molecule has 1 aromatic heterocycles. The largest absolute Gasteiger partial charge is 0.468 e. The van der Waals surface area contributed by atoms with Crippen molar-refractivity contribution in [3.63, 3.8) is 0 Å². The first-order chi connectivity index (χ1) is 13.7. The van der Waals surface area contributed by atoms with Crippen molar-refractivity contribution in [2.75, 3.05) is 19.7 Å². The second-order valence-corrected chi connectivity index (χ2v) is 7.08. The van der Waals surface area contributed by atoms with Gasteiger partial charge < -0.3 is 9.84 Å². The van der Waals surface area contributed by atoms with Crippen LogP contribution in [0.1, 0.15) is 23.2 Å². The van der Waals surface area contributed by atoms with Crippen LogP contribution in [0.25, 0.3) is 11.1 Å². The number of hydrogen-bond donors (Lipinski definition) is 2. The molecule has 1 aromatic carbocycles. The van der Waals surface area contributed by atoms with Crippen LogP contribution in [-0.2, 0) is 0 Å². The highest BCUT2D eigenvalue weighted by molar-refractivity contribution is 6.30. The van der Waals surface area contributed by atoms with Gasteiger partial charge in [0, 0.05) is 29.9 Å². The van der Waals surface area contributed by atoms with E-state index in [0.717, 1.165) is 0 Å². The lowest BCUT2D eigenvalue weighted by atomic mass is 10.0. The number of carbonyl (C=O) groups is 1. The first kappa shape index (κ1) is 21.4. The Labute approximate surface area is 170 Å². The molecule has 2 heterocycles. The minimum atomic E-state index is -4.52. The fourth-order valence-electron chi connectivity index (χ4n) is 2.86. The van der Waals surface area contributed by atoms with Gasteiger partial charge in [-0.15, -0.1) is 0 Å². The number of rotatable bonds is 5. The minimum absolute atomic E-state index is 0.167. The summed E-state index contributed by atoms with van der Waals surface area (Å²) in [6.07, 6.45) is -2.66. The van der Waals surface area contributed by atoms with Gasteiger partial charge >= 0.3 is 6.18 Å². The Morgan fingerprint density at radius 3 is 2.55 bits per heavy atom. The summed E-state index contributed by atoms with van der Waals surface area (Å²) < 4.78 is 42.5. The Morgan fingerprint density at radius 2 is 1.93 bits per heavy atom. The standard InChI is InChI=1S/C19H19ClF3N3O3/c20-14-3-1-12(2-4-14)16-9-13(10-24-18(16)29-11-19(21,22)23)17(28)25-26-7-5-15(27)6-8-26/h1-4,9-10,15,27H,5-8,11H2,(H,25,28). The summed E-state index contributed by atoms with van der Waals surface area (Å²) in [4.78, 5) is 16.5. The number of aliphatic hydroxyl groups is 1. The molecule has 0 unspecified atom stereocenters. The third-order valence-corrected chi connectivity index (χ3v) is 4.62. The van der Waals surface area contributed by atoms with Crippen molar-refractivity contribution >= 4 is 17.5 Å². The smallest absolute Gasteiger partial charge is 0.422 e. The van der Waals surface area contributed by atoms with E-state index in [4.69, 9.17) is 16.3 Å². The zero-order chi connectivity index (χ0) is 21.0. The van der Waals surface area contributed by atoms with Gasteiger partial charge in [0.15, 0.2) is 6.61 Å². The van der Waals surface area contributed by atoms with Gasteiger partial charge in [-0.3, -0.25) is 10.2 Å². The van der Waals surface area contributed by atoms with Crippen molar-refractivity contribution in [2.24, 2.45) is 0 Å². The van der Waals surface area contributed by atoms with Crippen LogP contribution in [0.3, 0.4) is 0 Å². The number of hydrazine groups is 1. The summed E-state index contributed by atoms with van der Waals surface area (Å²) in [7, 11) is 0. The fourth-order valence-corrected chi connectivity index (χ4v) is 2.99. The van der Waals surface area contributed by atoms with E-state index in [1.807, 2.05) is 0 Å². The van der Waals surface area contributed by atoms with Gasteiger partial charge in [-0.1, -0.05) is 23.7 Å². The molecule has 0 saturated carbocycles. The molecule has 1 fully saturated rings. The Balaban J connectivity index is 1.84. The van der Waals surface area contributed by atoms with Gasteiger partial charge in [0.05, 0.1) is 11.7 Å². The van der Waals surface area contributed by atoms with E-state index < -0.39 is 18.7 Å². The number of alkyl halides is 3. The molecule has 10 heteroatoms. The maximum atomic E-state index is 12.6. The van der Waals surface area contributed by atoms with E-state index in [1.54, 1.807) is 29.3 Å². The van der Waals surface area contributed by atoms with Crippen LogP contribution in [0.4, 0.5) is 13.2 Å². The summed E-state index contributed by atoms with van der Waals surface area (Å²) in [5.41, 5.74) is 3.64. The molecule has 1 amide bonds. The molecule has 6 nitrogen and oxygen atoms in total. The van der Waals surface area contributed by atoms with E-state index in [9.17, 15) is 23.1 Å². The summed E-state index contributed by atoms with van der Waals surface area (Å²) in [6.45, 7) is -0.503. The van der Waals surface area contributed by atoms with Gasteiger partial charge in [-0.2, -0.15) is 13.2 Å². The molecule has 0 atom stereocenters. The lowest BCUT2D eigenvalue weighted by Gasteiger charge is -2.29. The molecule has 1 aliphatic rings. The van der Waals surface area contributed by atoms with Crippen molar-refractivity contribution in [3.05, 3.63) is 47.1 Å². The number of amides is 1. The lowest BCUT2D eigenvalue weighted by Crippen LogP contribution is -2.47.